The standard InChI is InChI=1S/C16H26N2O3S/c1-12-10-14(8-9-16(12)21-2)22(19,20)18-15(11-17)13-6-4-3-5-7-13/h8-10,13,15,18H,3-7,11,17H2,1-2H3. The van der Waals surface area contributed by atoms with Crippen LogP contribution < -0.4 is 15.2 Å². The van der Waals surface area contributed by atoms with Crippen molar-refractivity contribution in [3.8, 4) is 5.75 Å². The van der Waals surface area contributed by atoms with Crippen molar-refractivity contribution in [3.05, 3.63) is 23.8 Å². The summed E-state index contributed by atoms with van der Waals surface area (Å²) < 4.78 is 33.2. The van der Waals surface area contributed by atoms with Crippen molar-refractivity contribution >= 4 is 10.0 Å². The molecule has 0 spiro atoms. The number of methoxy groups -OCH3 is 1. The van der Waals surface area contributed by atoms with Gasteiger partial charge in [-0.05, 0) is 49.4 Å². The fourth-order valence-electron chi connectivity index (χ4n) is 3.16. The lowest BCUT2D eigenvalue weighted by Crippen LogP contribution is -2.45. The number of hydrogen-bond donors (Lipinski definition) is 2. The van der Waals surface area contributed by atoms with E-state index in [1.807, 2.05) is 6.92 Å². The Morgan fingerprint density at radius 3 is 2.55 bits per heavy atom. The largest absolute Gasteiger partial charge is 0.496 e. The van der Waals surface area contributed by atoms with E-state index in [-0.39, 0.29) is 10.9 Å². The van der Waals surface area contributed by atoms with Gasteiger partial charge in [-0.1, -0.05) is 19.3 Å². The van der Waals surface area contributed by atoms with E-state index in [1.54, 1.807) is 25.3 Å². The van der Waals surface area contributed by atoms with E-state index in [9.17, 15) is 8.42 Å². The van der Waals surface area contributed by atoms with Crippen molar-refractivity contribution in [3.63, 3.8) is 0 Å². The van der Waals surface area contributed by atoms with Gasteiger partial charge in [-0.2, -0.15) is 0 Å². The van der Waals surface area contributed by atoms with Crippen LogP contribution in [0.2, 0.25) is 0 Å². The third-order valence-corrected chi connectivity index (χ3v) is 5.94. The molecule has 0 bridgehead atoms. The van der Waals surface area contributed by atoms with Crippen LogP contribution in [0.25, 0.3) is 0 Å². The van der Waals surface area contributed by atoms with E-state index < -0.39 is 10.0 Å². The van der Waals surface area contributed by atoms with Crippen LogP contribution in [0.15, 0.2) is 23.1 Å². The highest BCUT2D eigenvalue weighted by atomic mass is 32.2. The van der Waals surface area contributed by atoms with Crippen molar-refractivity contribution < 1.29 is 13.2 Å². The van der Waals surface area contributed by atoms with Crippen LogP contribution in [0.3, 0.4) is 0 Å². The molecular weight excluding hydrogens is 300 g/mol. The Labute approximate surface area is 133 Å². The first-order valence-electron chi connectivity index (χ1n) is 7.85. The summed E-state index contributed by atoms with van der Waals surface area (Å²) in [5.74, 6) is 1.02. The quantitative estimate of drug-likeness (QED) is 0.839. The smallest absolute Gasteiger partial charge is 0.240 e. The van der Waals surface area contributed by atoms with Gasteiger partial charge >= 0.3 is 0 Å². The summed E-state index contributed by atoms with van der Waals surface area (Å²) >= 11 is 0. The number of hydrogen-bond acceptors (Lipinski definition) is 4. The van der Waals surface area contributed by atoms with Crippen LogP contribution in [0.4, 0.5) is 0 Å². The molecule has 0 aliphatic heterocycles. The Kier molecular flexibility index (Phi) is 5.83. The van der Waals surface area contributed by atoms with E-state index in [0.717, 1.165) is 31.2 Å². The first-order valence-corrected chi connectivity index (χ1v) is 9.33. The van der Waals surface area contributed by atoms with E-state index in [2.05, 4.69) is 4.72 Å². The van der Waals surface area contributed by atoms with Gasteiger partial charge in [-0.3, -0.25) is 0 Å². The van der Waals surface area contributed by atoms with Crippen LogP contribution in [0.1, 0.15) is 37.7 Å². The summed E-state index contributed by atoms with van der Waals surface area (Å²) in [4.78, 5) is 0.264. The van der Waals surface area contributed by atoms with E-state index in [1.165, 1.54) is 6.42 Å². The van der Waals surface area contributed by atoms with Crippen molar-refractivity contribution in [2.75, 3.05) is 13.7 Å². The Morgan fingerprint density at radius 1 is 1.32 bits per heavy atom. The Bertz CT molecular complexity index is 595. The predicted molar refractivity (Wildman–Crippen MR) is 87.5 cm³/mol. The van der Waals surface area contributed by atoms with Crippen LogP contribution in [-0.2, 0) is 10.0 Å². The lowest BCUT2D eigenvalue weighted by atomic mass is 9.84. The third kappa shape index (κ3) is 4.00. The number of aryl methyl sites for hydroxylation is 1. The highest BCUT2D eigenvalue weighted by molar-refractivity contribution is 7.89. The molecule has 0 heterocycles. The summed E-state index contributed by atoms with van der Waals surface area (Å²) in [6, 6.07) is 4.70. The molecule has 0 radical (unpaired) electrons. The molecule has 1 unspecified atom stereocenters. The molecule has 0 aromatic heterocycles. The maximum absolute atomic E-state index is 12.6. The van der Waals surface area contributed by atoms with Gasteiger partial charge in [0, 0.05) is 12.6 Å². The van der Waals surface area contributed by atoms with Crippen molar-refractivity contribution in [2.45, 2.75) is 50.0 Å². The van der Waals surface area contributed by atoms with Gasteiger partial charge in [0.1, 0.15) is 5.75 Å². The number of rotatable bonds is 6. The first-order chi connectivity index (χ1) is 10.5. The minimum absolute atomic E-state index is 0.187. The lowest BCUT2D eigenvalue weighted by Gasteiger charge is -2.29. The Hall–Kier alpha value is -1.11. The lowest BCUT2D eigenvalue weighted by molar-refractivity contribution is 0.294. The monoisotopic (exact) mass is 326 g/mol. The summed E-state index contributed by atoms with van der Waals surface area (Å²) in [6.07, 6.45) is 5.64. The maximum Gasteiger partial charge on any atom is 0.240 e. The highest BCUT2D eigenvalue weighted by Crippen LogP contribution is 2.27. The zero-order valence-corrected chi connectivity index (χ0v) is 14.2. The number of nitrogens with two attached hydrogens (primary N) is 1. The molecule has 2 rings (SSSR count). The van der Waals surface area contributed by atoms with Crippen LogP contribution >= 0.6 is 0 Å². The second-order valence-electron chi connectivity index (χ2n) is 5.99. The van der Waals surface area contributed by atoms with E-state index in [0.29, 0.717) is 18.2 Å². The van der Waals surface area contributed by atoms with Crippen molar-refractivity contribution in [1.82, 2.24) is 4.72 Å². The predicted octanol–water partition coefficient (Wildman–Crippen LogP) is 2.19. The topological polar surface area (TPSA) is 81.4 Å². The molecule has 1 aliphatic rings. The molecule has 1 aliphatic carbocycles. The number of ether oxygens (including phenoxy) is 1. The van der Waals surface area contributed by atoms with E-state index >= 15 is 0 Å². The second kappa shape index (κ2) is 7.44. The van der Waals surface area contributed by atoms with Crippen molar-refractivity contribution in [2.24, 2.45) is 11.7 Å². The SMILES string of the molecule is COc1ccc(S(=O)(=O)NC(CN)C2CCCCC2)cc1C. The van der Waals surface area contributed by atoms with Crippen LogP contribution in [0.5, 0.6) is 5.75 Å². The van der Waals surface area contributed by atoms with Gasteiger partial charge in [-0.15, -0.1) is 0 Å². The minimum atomic E-state index is -3.55. The zero-order valence-electron chi connectivity index (χ0n) is 13.3. The molecule has 1 fully saturated rings. The molecule has 1 aromatic rings. The zero-order chi connectivity index (χ0) is 16.2. The Balaban J connectivity index is 2.16. The van der Waals surface area contributed by atoms with E-state index in [4.69, 9.17) is 10.5 Å². The summed E-state index contributed by atoms with van der Waals surface area (Å²) in [5, 5.41) is 0. The van der Waals surface area contributed by atoms with Gasteiger partial charge in [-0.25, -0.2) is 13.1 Å². The van der Waals surface area contributed by atoms with Crippen LogP contribution in [-0.4, -0.2) is 28.1 Å². The Morgan fingerprint density at radius 2 is 2.00 bits per heavy atom. The maximum atomic E-state index is 12.6. The molecule has 22 heavy (non-hydrogen) atoms. The molecule has 1 atom stereocenters. The molecular formula is C16H26N2O3S. The first kappa shape index (κ1) is 17.2. The van der Waals surface area contributed by atoms with Crippen molar-refractivity contribution in [1.29, 1.82) is 0 Å². The molecule has 6 heteroatoms. The fourth-order valence-corrected chi connectivity index (χ4v) is 4.56. The van der Waals surface area contributed by atoms with Gasteiger partial charge in [0.15, 0.2) is 0 Å². The number of nitrogens with one attached hydrogen (secondary N) is 1. The molecule has 1 aromatic carbocycles. The molecule has 124 valence electrons. The normalized spacial score (nSPS) is 18.1. The number of benzene rings is 1. The molecule has 0 saturated heterocycles. The summed E-state index contributed by atoms with van der Waals surface area (Å²) in [5.41, 5.74) is 6.62. The average molecular weight is 326 g/mol. The molecule has 3 N–H and O–H groups in total. The fraction of sp³-hybridized carbons (Fsp3) is 0.625. The average Bonchev–Trinajstić information content (AvgIpc) is 2.53. The molecule has 0 amide bonds. The summed E-state index contributed by atoms with van der Waals surface area (Å²) in [7, 11) is -1.98. The van der Waals surface area contributed by atoms with Gasteiger partial charge in [0.05, 0.1) is 12.0 Å². The highest BCUT2D eigenvalue weighted by Gasteiger charge is 2.27. The second-order valence-corrected chi connectivity index (χ2v) is 7.71. The van der Waals surface area contributed by atoms with Gasteiger partial charge in [0.2, 0.25) is 10.0 Å². The molecule has 5 nitrogen and oxygen atoms in total. The summed E-state index contributed by atoms with van der Waals surface area (Å²) in [6.45, 7) is 2.17. The minimum Gasteiger partial charge on any atom is -0.496 e. The number of sulfonamides is 1. The third-order valence-electron chi connectivity index (χ3n) is 4.46. The molecule has 1 saturated carbocycles. The van der Waals surface area contributed by atoms with Crippen LogP contribution in [0, 0.1) is 12.8 Å². The van der Waals surface area contributed by atoms with Gasteiger partial charge < -0.3 is 10.5 Å². The van der Waals surface area contributed by atoms with Gasteiger partial charge in [0.25, 0.3) is 0 Å².